The molecule has 0 saturated carbocycles. The first-order valence-corrected chi connectivity index (χ1v) is 9.16. The van der Waals surface area contributed by atoms with Gasteiger partial charge in [-0.05, 0) is 73.5 Å². The van der Waals surface area contributed by atoms with Crippen molar-refractivity contribution in [2.24, 2.45) is 0 Å². The van der Waals surface area contributed by atoms with E-state index in [4.69, 9.17) is 4.42 Å². The van der Waals surface area contributed by atoms with Gasteiger partial charge in [-0.2, -0.15) is 0 Å². The third-order valence-corrected chi connectivity index (χ3v) is 4.74. The molecule has 5 nitrogen and oxygen atoms in total. The fraction of sp³-hybridized carbons (Fsp3) is 0.182. The molecule has 0 spiro atoms. The number of rotatable bonds is 4. The van der Waals surface area contributed by atoms with Gasteiger partial charge in [0.1, 0.15) is 11.6 Å². The summed E-state index contributed by atoms with van der Waals surface area (Å²) in [5, 5.41) is 2.75. The van der Waals surface area contributed by atoms with Gasteiger partial charge in [0.2, 0.25) is 0 Å². The molecule has 3 aromatic rings. The van der Waals surface area contributed by atoms with Gasteiger partial charge in [0.25, 0.3) is 11.8 Å². The molecule has 0 aliphatic carbocycles. The van der Waals surface area contributed by atoms with Gasteiger partial charge in [-0.1, -0.05) is 0 Å². The van der Waals surface area contributed by atoms with Crippen LogP contribution in [0.25, 0.3) is 11.3 Å². The number of amides is 2. The minimum Gasteiger partial charge on any atom is -0.451 e. The van der Waals surface area contributed by atoms with Crippen molar-refractivity contribution in [2.45, 2.75) is 12.8 Å². The Morgan fingerprint density at radius 2 is 1.57 bits per heavy atom. The second-order valence-corrected chi connectivity index (χ2v) is 6.70. The van der Waals surface area contributed by atoms with E-state index in [-0.39, 0.29) is 17.5 Å². The van der Waals surface area contributed by atoms with Gasteiger partial charge in [0.05, 0.1) is 0 Å². The van der Waals surface area contributed by atoms with Crippen LogP contribution in [0.3, 0.4) is 0 Å². The molecule has 2 heterocycles. The van der Waals surface area contributed by atoms with E-state index < -0.39 is 5.91 Å². The molecule has 142 valence electrons. The summed E-state index contributed by atoms with van der Waals surface area (Å²) in [5.41, 5.74) is 1.87. The topological polar surface area (TPSA) is 62.6 Å². The maximum Gasteiger partial charge on any atom is 0.291 e. The highest BCUT2D eigenvalue weighted by Gasteiger charge is 2.19. The Hall–Kier alpha value is -3.41. The quantitative estimate of drug-likeness (QED) is 0.723. The molecule has 0 atom stereocenters. The lowest BCUT2D eigenvalue weighted by Gasteiger charge is -2.15. The summed E-state index contributed by atoms with van der Waals surface area (Å²) in [6.07, 6.45) is 2.09. The van der Waals surface area contributed by atoms with E-state index >= 15 is 0 Å². The van der Waals surface area contributed by atoms with Crippen molar-refractivity contribution in [1.29, 1.82) is 0 Å². The van der Waals surface area contributed by atoms with Gasteiger partial charge in [-0.15, -0.1) is 0 Å². The van der Waals surface area contributed by atoms with Gasteiger partial charge in [-0.3, -0.25) is 9.59 Å². The normalized spacial score (nSPS) is 13.5. The molecule has 0 bridgehead atoms. The average Bonchev–Trinajstić information content (AvgIpc) is 3.41. The first-order chi connectivity index (χ1) is 13.6. The zero-order valence-electron chi connectivity index (χ0n) is 15.2. The Labute approximate surface area is 161 Å². The number of nitrogens with one attached hydrogen (secondary N) is 1. The lowest BCUT2D eigenvalue weighted by Crippen LogP contribution is -2.27. The van der Waals surface area contributed by atoms with Gasteiger partial charge >= 0.3 is 0 Å². The Bertz CT molecular complexity index is 987. The predicted octanol–water partition coefficient (Wildman–Crippen LogP) is 4.57. The molecule has 2 amide bonds. The number of benzene rings is 2. The van der Waals surface area contributed by atoms with E-state index in [2.05, 4.69) is 5.32 Å². The third-order valence-electron chi connectivity index (χ3n) is 4.74. The van der Waals surface area contributed by atoms with Gasteiger partial charge < -0.3 is 14.6 Å². The van der Waals surface area contributed by atoms with Gasteiger partial charge in [-0.25, -0.2) is 4.39 Å². The molecule has 4 rings (SSSR count). The number of hydrogen-bond donors (Lipinski definition) is 1. The third kappa shape index (κ3) is 3.81. The van der Waals surface area contributed by atoms with Crippen molar-refractivity contribution in [3.05, 3.63) is 77.8 Å². The number of hydrogen-bond acceptors (Lipinski definition) is 3. The fourth-order valence-corrected chi connectivity index (χ4v) is 3.22. The van der Waals surface area contributed by atoms with E-state index in [9.17, 15) is 14.0 Å². The van der Waals surface area contributed by atoms with Crippen molar-refractivity contribution < 1.29 is 18.4 Å². The van der Waals surface area contributed by atoms with Crippen molar-refractivity contribution in [3.8, 4) is 11.3 Å². The molecule has 2 aromatic carbocycles. The number of likely N-dealkylation sites (tertiary alicyclic amines) is 1. The van der Waals surface area contributed by atoms with Crippen LogP contribution in [0, 0.1) is 5.82 Å². The van der Waals surface area contributed by atoms with Crippen molar-refractivity contribution >= 4 is 17.5 Å². The molecule has 1 aliphatic rings. The maximum absolute atomic E-state index is 13.0. The van der Waals surface area contributed by atoms with Crippen molar-refractivity contribution in [1.82, 2.24) is 4.90 Å². The van der Waals surface area contributed by atoms with Crippen LogP contribution in [0.15, 0.2) is 65.1 Å². The summed E-state index contributed by atoms with van der Waals surface area (Å²) < 4.78 is 18.6. The number of nitrogens with zero attached hydrogens (tertiary/aromatic N) is 1. The van der Waals surface area contributed by atoms with E-state index in [1.807, 2.05) is 4.90 Å². The summed E-state index contributed by atoms with van der Waals surface area (Å²) >= 11 is 0. The molecule has 0 radical (unpaired) electrons. The average molecular weight is 378 g/mol. The fourth-order valence-electron chi connectivity index (χ4n) is 3.22. The van der Waals surface area contributed by atoms with Crippen LogP contribution in [0.5, 0.6) is 0 Å². The highest BCUT2D eigenvalue weighted by molar-refractivity contribution is 6.03. The van der Waals surface area contributed by atoms with Crippen LogP contribution in [0.4, 0.5) is 10.1 Å². The van der Waals surface area contributed by atoms with Crippen LogP contribution in [-0.2, 0) is 0 Å². The lowest BCUT2D eigenvalue weighted by atomic mass is 10.2. The zero-order valence-corrected chi connectivity index (χ0v) is 15.2. The van der Waals surface area contributed by atoms with E-state index in [1.165, 1.54) is 12.1 Å². The van der Waals surface area contributed by atoms with Gasteiger partial charge in [0, 0.05) is 29.9 Å². The SMILES string of the molecule is O=C(Nc1ccc(C(=O)N2CCCC2)cc1)c1ccc(-c2ccc(F)cc2)o1. The molecule has 1 aliphatic heterocycles. The highest BCUT2D eigenvalue weighted by Crippen LogP contribution is 2.23. The number of carbonyl (C=O) groups is 2. The smallest absolute Gasteiger partial charge is 0.291 e. The molecule has 1 aromatic heterocycles. The molecule has 0 unspecified atom stereocenters. The lowest BCUT2D eigenvalue weighted by molar-refractivity contribution is 0.0792. The Kier molecular flexibility index (Phi) is 4.93. The van der Waals surface area contributed by atoms with Crippen LogP contribution < -0.4 is 5.32 Å². The van der Waals surface area contributed by atoms with Crippen molar-refractivity contribution in [2.75, 3.05) is 18.4 Å². The maximum atomic E-state index is 13.0. The van der Waals surface area contributed by atoms with Gasteiger partial charge in [0.15, 0.2) is 5.76 Å². The van der Waals surface area contributed by atoms with E-state index in [0.717, 1.165) is 25.9 Å². The summed E-state index contributed by atoms with van der Waals surface area (Å²) in [6.45, 7) is 1.60. The minimum atomic E-state index is -0.396. The monoisotopic (exact) mass is 378 g/mol. The molecule has 6 heteroatoms. The second kappa shape index (κ2) is 7.68. The molecule has 28 heavy (non-hydrogen) atoms. The molecule has 1 N–H and O–H groups in total. The molecule has 1 fully saturated rings. The Balaban J connectivity index is 1.42. The summed E-state index contributed by atoms with van der Waals surface area (Å²) in [5.74, 6) is -0.0782. The molecular weight excluding hydrogens is 359 g/mol. The molecular formula is C22H19FN2O3. The molecule has 1 saturated heterocycles. The second-order valence-electron chi connectivity index (χ2n) is 6.70. The first kappa shape index (κ1) is 18.0. The van der Waals surface area contributed by atoms with Crippen LogP contribution in [0.2, 0.25) is 0 Å². The van der Waals surface area contributed by atoms with Crippen LogP contribution in [0.1, 0.15) is 33.8 Å². The number of halogens is 1. The van der Waals surface area contributed by atoms with Crippen LogP contribution in [-0.4, -0.2) is 29.8 Å². The number of carbonyl (C=O) groups excluding carboxylic acids is 2. The van der Waals surface area contributed by atoms with Crippen LogP contribution >= 0.6 is 0 Å². The van der Waals surface area contributed by atoms with E-state index in [0.29, 0.717) is 22.6 Å². The largest absolute Gasteiger partial charge is 0.451 e. The standard InChI is InChI=1S/C22H19FN2O3/c23-17-7-3-15(4-8-17)19-11-12-20(28-19)21(26)24-18-9-5-16(6-10-18)22(27)25-13-1-2-14-25/h3-12H,1-2,13-14H2,(H,24,26). The Morgan fingerprint density at radius 1 is 0.893 bits per heavy atom. The minimum absolute atomic E-state index is 0.0188. The number of anilines is 1. The predicted molar refractivity (Wildman–Crippen MR) is 104 cm³/mol. The first-order valence-electron chi connectivity index (χ1n) is 9.16. The summed E-state index contributed by atoms with van der Waals surface area (Å²) in [6, 6.07) is 15.9. The van der Waals surface area contributed by atoms with Crippen molar-refractivity contribution in [3.63, 3.8) is 0 Å². The Morgan fingerprint density at radius 3 is 2.25 bits per heavy atom. The summed E-state index contributed by atoms with van der Waals surface area (Å²) in [7, 11) is 0. The summed E-state index contributed by atoms with van der Waals surface area (Å²) in [4.78, 5) is 26.6. The van der Waals surface area contributed by atoms with E-state index in [1.54, 1.807) is 48.5 Å². The number of furan rings is 1. The highest BCUT2D eigenvalue weighted by atomic mass is 19.1. The zero-order chi connectivity index (χ0) is 19.5.